The molecule has 1 heterocycles. The average Bonchev–Trinajstić information content (AvgIpc) is 2.46. The lowest BCUT2D eigenvalue weighted by atomic mass is 10.00. The van der Waals surface area contributed by atoms with Gasteiger partial charge in [0, 0.05) is 16.5 Å². The van der Waals surface area contributed by atoms with Crippen LogP contribution in [0.3, 0.4) is 0 Å². The molecule has 0 unspecified atom stereocenters. The summed E-state index contributed by atoms with van der Waals surface area (Å²) < 4.78 is 0. The molecule has 0 aliphatic carbocycles. The summed E-state index contributed by atoms with van der Waals surface area (Å²) in [5, 5.41) is 0.361. The number of hydrogen-bond acceptors (Lipinski definition) is 2. The third-order valence-corrected chi connectivity index (χ3v) is 3.98. The fourth-order valence-corrected chi connectivity index (χ4v) is 2.95. The summed E-state index contributed by atoms with van der Waals surface area (Å²) in [6.45, 7) is 6.04. The van der Waals surface area contributed by atoms with E-state index >= 15 is 0 Å². The Bertz CT molecular complexity index is 899. The fraction of sp³-hybridized carbons (Fsp3) is 0.158. The van der Waals surface area contributed by atoms with Crippen LogP contribution in [0.1, 0.15) is 27.0 Å². The second-order valence-corrected chi connectivity index (χ2v) is 6.02. The van der Waals surface area contributed by atoms with Crippen molar-refractivity contribution in [2.75, 3.05) is 0 Å². The number of halogens is 1. The minimum absolute atomic E-state index is 0.452. The van der Waals surface area contributed by atoms with Crippen molar-refractivity contribution in [2.24, 2.45) is 0 Å². The van der Waals surface area contributed by atoms with Crippen molar-refractivity contribution in [1.29, 1.82) is 0 Å². The van der Waals surface area contributed by atoms with Gasteiger partial charge in [0.15, 0.2) is 0 Å². The Kier molecular flexibility index (Phi) is 3.71. The number of carbonyl (C=O) groups is 1. The maximum Gasteiger partial charge on any atom is 0.253 e. The molecular formula is C19H16ClNO. The molecule has 1 aromatic heterocycles. The van der Waals surface area contributed by atoms with Gasteiger partial charge in [-0.1, -0.05) is 35.4 Å². The predicted molar refractivity (Wildman–Crippen MR) is 91.6 cm³/mol. The van der Waals surface area contributed by atoms with Gasteiger partial charge in [-0.3, -0.25) is 4.79 Å². The van der Waals surface area contributed by atoms with Crippen molar-refractivity contribution < 1.29 is 4.79 Å². The zero-order valence-electron chi connectivity index (χ0n) is 12.8. The van der Waals surface area contributed by atoms with E-state index in [2.05, 4.69) is 12.1 Å². The van der Waals surface area contributed by atoms with E-state index in [0.29, 0.717) is 5.56 Å². The Morgan fingerprint density at radius 3 is 2.45 bits per heavy atom. The van der Waals surface area contributed by atoms with Gasteiger partial charge in [-0.25, -0.2) is 4.98 Å². The van der Waals surface area contributed by atoms with Gasteiger partial charge in [-0.15, -0.1) is 0 Å². The highest BCUT2D eigenvalue weighted by Gasteiger charge is 2.14. The first kappa shape index (κ1) is 14.7. The molecule has 0 bridgehead atoms. The molecule has 22 heavy (non-hydrogen) atoms. The van der Waals surface area contributed by atoms with Crippen LogP contribution >= 0.6 is 11.6 Å². The Morgan fingerprint density at radius 2 is 1.77 bits per heavy atom. The van der Waals surface area contributed by atoms with Crippen molar-refractivity contribution >= 4 is 27.7 Å². The number of benzene rings is 2. The number of pyridine rings is 1. The van der Waals surface area contributed by atoms with Gasteiger partial charge in [-0.05, 0) is 56.1 Å². The Balaban J connectivity index is 2.37. The van der Waals surface area contributed by atoms with Gasteiger partial charge in [0.2, 0.25) is 0 Å². The molecule has 0 aliphatic heterocycles. The molecule has 0 atom stereocenters. The summed E-state index contributed by atoms with van der Waals surface area (Å²) in [6.07, 6.45) is 0. The van der Waals surface area contributed by atoms with E-state index in [9.17, 15) is 4.79 Å². The van der Waals surface area contributed by atoms with E-state index in [4.69, 9.17) is 16.6 Å². The molecule has 3 heteroatoms. The van der Waals surface area contributed by atoms with Crippen LogP contribution in [0.5, 0.6) is 0 Å². The summed E-state index contributed by atoms with van der Waals surface area (Å²) in [4.78, 5) is 16.6. The standard InChI is InChI=1S/C19H16ClNO/c1-11-5-4-6-14(8-11)17-10-16(19(20)22)15-9-12(2)7-13(3)18(15)21-17/h4-10H,1-3H3. The molecule has 0 fully saturated rings. The number of rotatable bonds is 2. The number of nitrogens with zero attached hydrogens (tertiary/aromatic N) is 1. The third kappa shape index (κ3) is 2.62. The van der Waals surface area contributed by atoms with Gasteiger partial charge in [0.25, 0.3) is 5.24 Å². The molecule has 3 aromatic rings. The van der Waals surface area contributed by atoms with Crippen LogP contribution in [0.25, 0.3) is 22.2 Å². The van der Waals surface area contributed by atoms with Crippen molar-refractivity contribution in [3.63, 3.8) is 0 Å². The largest absolute Gasteiger partial charge is 0.276 e. The Hall–Kier alpha value is -2.19. The van der Waals surface area contributed by atoms with Gasteiger partial charge >= 0.3 is 0 Å². The minimum atomic E-state index is -0.452. The molecule has 0 aliphatic rings. The smallest absolute Gasteiger partial charge is 0.253 e. The number of hydrogen-bond donors (Lipinski definition) is 0. The molecule has 2 aromatic carbocycles. The van der Waals surface area contributed by atoms with Crippen LogP contribution in [0, 0.1) is 20.8 Å². The SMILES string of the molecule is Cc1cccc(-c2cc(C(=O)Cl)c3cc(C)cc(C)c3n2)c1. The van der Waals surface area contributed by atoms with E-state index in [1.807, 2.05) is 45.0 Å². The number of fused-ring (bicyclic) bond motifs is 1. The van der Waals surface area contributed by atoms with E-state index in [-0.39, 0.29) is 0 Å². The van der Waals surface area contributed by atoms with Crippen LogP contribution in [-0.2, 0) is 0 Å². The average molecular weight is 310 g/mol. The summed E-state index contributed by atoms with van der Waals surface area (Å²) in [5.41, 5.74) is 6.38. The fourth-order valence-electron chi connectivity index (χ4n) is 2.80. The number of aromatic nitrogens is 1. The maximum atomic E-state index is 11.9. The summed E-state index contributed by atoms with van der Waals surface area (Å²) in [5.74, 6) is 0. The summed E-state index contributed by atoms with van der Waals surface area (Å²) >= 11 is 5.81. The molecular weight excluding hydrogens is 294 g/mol. The minimum Gasteiger partial charge on any atom is -0.276 e. The van der Waals surface area contributed by atoms with E-state index < -0.39 is 5.24 Å². The van der Waals surface area contributed by atoms with Crippen molar-refractivity contribution in [3.05, 3.63) is 64.7 Å². The second-order valence-electron chi connectivity index (χ2n) is 5.68. The highest BCUT2D eigenvalue weighted by Crippen LogP contribution is 2.29. The van der Waals surface area contributed by atoms with Gasteiger partial charge in [0.05, 0.1) is 11.2 Å². The molecule has 0 saturated carbocycles. The van der Waals surface area contributed by atoms with Gasteiger partial charge in [0.1, 0.15) is 0 Å². The first-order chi connectivity index (χ1) is 10.5. The Labute approximate surface area is 134 Å². The quantitative estimate of drug-likeness (QED) is 0.608. The van der Waals surface area contributed by atoms with Crippen molar-refractivity contribution in [1.82, 2.24) is 4.98 Å². The Morgan fingerprint density at radius 1 is 1.00 bits per heavy atom. The maximum absolute atomic E-state index is 11.9. The van der Waals surface area contributed by atoms with Crippen LogP contribution in [0.2, 0.25) is 0 Å². The molecule has 3 rings (SSSR count). The normalized spacial score (nSPS) is 10.9. The lowest BCUT2D eigenvalue weighted by Gasteiger charge is -2.10. The van der Waals surface area contributed by atoms with Crippen LogP contribution in [0.4, 0.5) is 0 Å². The monoisotopic (exact) mass is 309 g/mol. The lowest BCUT2D eigenvalue weighted by Crippen LogP contribution is -1.98. The zero-order valence-corrected chi connectivity index (χ0v) is 13.5. The molecule has 0 radical (unpaired) electrons. The zero-order chi connectivity index (χ0) is 15.9. The molecule has 0 N–H and O–H groups in total. The van der Waals surface area contributed by atoms with Crippen LogP contribution in [-0.4, -0.2) is 10.2 Å². The van der Waals surface area contributed by atoms with Crippen LogP contribution in [0.15, 0.2) is 42.5 Å². The van der Waals surface area contributed by atoms with Crippen LogP contribution < -0.4 is 0 Å². The van der Waals surface area contributed by atoms with E-state index in [0.717, 1.165) is 38.9 Å². The predicted octanol–water partition coefficient (Wildman–Crippen LogP) is 5.21. The van der Waals surface area contributed by atoms with E-state index in [1.54, 1.807) is 6.07 Å². The highest BCUT2D eigenvalue weighted by molar-refractivity contribution is 6.68. The second kappa shape index (κ2) is 5.54. The highest BCUT2D eigenvalue weighted by atomic mass is 35.5. The molecule has 110 valence electrons. The molecule has 0 amide bonds. The first-order valence-electron chi connectivity index (χ1n) is 7.14. The van der Waals surface area contributed by atoms with Gasteiger partial charge < -0.3 is 0 Å². The number of aryl methyl sites for hydroxylation is 3. The van der Waals surface area contributed by atoms with Gasteiger partial charge in [-0.2, -0.15) is 0 Å². The first-order valence-corrected chi connectivity index (χ1v) is 7.52. The summed E-state index contributed by atoms with van der Waals surface area (Å²) in [6, 6.07) is 13.9. The molecule has 0 saturated heterocycles. The van der Waals surface area contributed by atoms with Crippen molar-refractivity contribution in [2.45, 2.75) is 20.8 Å². The summed E-state index contributed by atoms with van der Waals surface area (Å²) in [7, 11) is 0. The molecule has 2 nitrogen and oxygen atoms in total. The number of carbonyl (C=O) groups excluding carboxylic acids is 1. The topological polar surface area (TPSA) is 30.0 Å². The molecule has 0 spiro atoms. The third-order valence-electron chi connectivity index (χ3n) is 3.77. The lowest BCUT2D eigenvalue weighted by molar-refractivity contribution is 0.108. The van der Waals surface area contributed by atoms with E-state index in [1.165, 1.54) is 0 Å². The van der Waals surface area contributed by atoms with Crippen molar-refractivity contribution in [3.8, 4) is 11.3 Å².